The van der Waals surface area contributed by atoms with E-state index in [0.717, 1.165) is 34.5 Å². The first-order valence-corrected chi connectivity index (χ1v) is 10.7. The van der Waals surface area contributed by atoms with E-state index in [2.05, 4.69) is 16.0 Å². The van der Waals surface area contributed by atoms with Crippen LogP contribution in [0.25, 0.3) is 11.1 Å². The van der Waals surface area contributed by atoms with Crippen LogP contribution in [0.2, 0.25) is 0 Å². The van der Waals surface area contributed by atoms with E-state index in [1.54, 1.807) is 25.4 Å². The van der Waals surface area contributed by atoms with Crippen molar-refractivity contribution in [2.75, 3.05) is 26.2 Å². The number of hydrogen-bond donors (Lipinski definition) is 0. The Morgan fingerprint density at radius 1 is 1.06 bits per heavy atom. The lowest BCUT2D eigenvalue weighted by Gasteiger charge is -2.34. The van der Waals surface area contributed by atoms with Gasteiger partial charge in [-0.25, -0.2) is 4.39 Å². The summed E-state index contributed by atoms with van der Waals surface area (Å²) in [6.45, 7) is 0. The van der Waals surface area contributed by atoms with Crippen molar-refractivity contribution in [1.82, 2.24) is 4.98 Å². The van der Waals surface area contributed by atoms with Gasteiger partial charge in [-0.3, -0.25) is 9.78 Å². The summed E-state index contributed by atoms with van der Waals surface area (Å²) < 4.78 is 24.4. The number of halogens is 1. The second kappa shape index (κ2) is 9.39. The van der Waals surface area contributed by atoms with E-state index in [4.69, 9.17) is 9.47 Å². The van der Waals surface area contributed by atoms with Gasteiger partial charge in [0.05, 0.1) is 25.8 Å². The molecule has 0 saturated heterocycles. The van der Waals surface area contributed by atoms with Crippen LogP contribution in [-0.2, 0) is 9.53 Å². The number of aromatic nitrogens is 1. The number of benzene rings is 2. The largest absolute Gasteiger partial charge is 0.495 e. The Morgan fingerprint density at radius 3 is 2.50 bits per heavy atom. The average Bonchev–Trinajstić information content (AvgIpc) is 3.29. The van der Waals surface area contributed by atoms with Gasteiger partial charge in [0.1, 0.15) is 11.6 Å². The van der Waals surface area contributed by atoms with Gasteiger partial charge in [-0.2, -0.15) is 0 Å². The minimum Gasteiger partial charge on any atom is -0.495 e. The molecule has 1 aliphatic carbocycles. The molecule has 1 saturated carbocycles. The number of likely N-dealkylation sites (N-methyl/N-ethyl adjacent to an activating group) is 1. The van der Waals surface area contributed by atoms with Gasteiger partial charge < -0.3 is 14.4 Å². The monoisotopic (exact) mass is 434 g/mol. The predicted molar refractivity (Wildman–Crippen MR) is 122 cm³/mol. The SMILES string of the molecule is COC(=O)C1CCC(N(C)c2cc(-c3cccnc3)ccc2OC)C1c1ccc(F)cc1. The Balaban J connectivity index is 1.74. The minimum absolute atomic E-state index is 0.0163. The fourth-order valence-electron chi connectivity index (χ4n) is 4.82. The maximum atomic E-state index is 13.6. The van der Waals surface area contributed by atoms with Crippen LogP contribution < -0.4 is 9.64 Å². The number of hydrogen-bond acceptors (Lipinski definition) is 5. The van der Waals surface area contributed by atoms with Crippen molar-refractivity contribution in [2.24, 2.45) is 5.92 Å². The summed E-state index contributed by atoms with van der Waals surface area (Å²) in [4.78, 5) is 19.0. The zero-order chi connectivity index (χ0) is 22.7. The lowest BCUT2D eigenvalue weighted by atomic mass is 9.85. The fraction of sp³-hybridized carbons (Fsp3) is 0.308. The molecular weight excluding hydrogens is 407 g/mol. The molecule has 0 radical (unpaired) electrons. The van der Waals surface area contributed by atoms with Crippen LogP contribution in [0, 0.1) is 11.7 Å². The molecule has 32 heavy (non-hydrogen) atoms. The molecule has 0 N–H and O–H groups in total. The van der Waals surface area contributed by atoms with Gasteiger partial charge in [0.2, 0.25) is 0 Å². The summed E-state index contributed by atoms with van der Waals surface area (Å²) in [7, 11) is 5.09. The lowest BCUT2D eigenvalue weighted by Crippen LogP contribution is -2.36. The third kappa shape index (κ3) is 4.17. The first-order chi connectivity index (χ1) is 15.5. The van der Waals surface area contributed by atoms with Gasteiger partial charge in [0.15, 0.2) is 0 Å². The number of anilines is 1. The maximum Gasteiger partial charge on any atom is 0.309 e. The van der Waals surface area contributed by atoms with Crippen LogP contribution in [0.1, 0.15) is 24.3 Å². The molecule has 6 heteroatoms. The molecule has 1 fully saturated rings. The molecule has 3 aromatic rings. The number of methoxy groups -OCH3 is 2. The van der Waals surface area contributed by atoms with E-state index in [0.29, 0.717) is 6.42 Å². The number of nitrogens with zero attached hydrogens (tertiary/aromatic N) is 2. The first-order valence-electron chi connectivity index (χ1n) is 10.7. The first kappa shape index (κ1) is 21.8. The van der Waals surface area contributed by atoms with Crippen molar-refractivity contribution in [3.8, 4) is 16.9 Å². The van der Waals surface area contributed by atoms with Crippen molar-refractivity contribution in [3.63, 3.8) is 0 Å². The van der Waals surface area contributed by atoms with Crippen LogP contribution in [0.4, 0.5) is 10.1 Å². The van der Waals surface area contributed by atoms with Crippen LogP contribution >= 0.6 is 0 Å². The van der Waals surface area contributed by atoms with Crippen molar-refractivity contribution in [3.05, 3.63) is 78.4 Å². The second-order valence-corrected chi connectivity index (χ2v) is 8.09. The molecule has 0 spiro atoms. The Bertz CT molecular complexity index is 1070. The summed E-state index contributed by atoms with van der Waals surface area (Å²) in [5.74, 6) is -0.187. The van der Waals surface area contributed by atoms with Crippen LogP contribution in [0.15, 0.2) is 67.0 Å². The molecule has 1 aliphatic rings. The molecule has 4 rings (SSSR count). The number of pyridine rings is 1. The predicted octanol–water partition coefficient (Wildman–Crippen LogP) is 5.07. The second-order valence-electron chi connectivity index (χ2n) is 8.09. The molecule has 166 valence electrons. The minimum atomic E-state index is -0.294. The summed E-state index contributed by atoms with van der Waals surface area (Å²) in [5.41, 5.74) is 3.90. The normalized spacial score (nSPS) is 20.1. The number of esters is 1. The molecule has 0 bridgehead atoms. The number of rotatable bonds is 6. The Hall–Kier alpha value is -3.41. The highest BCUT2D eigenvalue weighted by atomic mass is 19.1. The Morgan fingerprint density at radius 2 is 1.84 bits per heavy atom. The summed E-state index contributed by atoms with van der Waals surface area (Å²) in [6.07, 6.45) is 5.08. The fourth-order valence-corrected chi connectivity index (χ4v) is 4.82. The highest BCUT2D eigenvalue weighted by molar-refractivity contribution is 5.76. The zero-order valence-electron chi connectivity index (χ0n) is 18.5. The quantitative estimate of drug-likeness (QED) is 0.507. The van der Waals surface area contributed by atoms with Crippen molar-refractivity contribution >= 4 is 11.7 Å². The zero-order valence-corrected chi connectivity index (χ0v) is 18.5. The smallest absolute Gasteiger partial charge is 0.309 e. The molecular formula is C26H27FN2O3. The van der Waals surface area contributed by atoms with Gasteiger partial charge in [0.25, 0.3) is 0 Å². The van der Waals surface area contributed by atoms with Gasteiger partial charge in [0, 0.05) is 37.0 Å². The molecule has 0 aliphatic heterocycles. The Kier molecular flexibility index (Phi) is 6.40. The Labute approximate surface area is 187 Å². The number of ether oxygens (including phenoxy) is 2. The highest BCUT2D eigenvalue weighted by Gasteiger charge is 2.44. The lowest BCUT2D eigenvalue weighted by molar-refractivity contribution is -0.145. The van der Waals surface area contributed by atoms with Crippen molar-refractivity contribution < 1.29 is 18.7 Å². The number of carbonyl (C=O) groups is 1. The van der Waals surface area contributed by atoms with Crippen molar-refractivity contribution in [1.29, 1.82) is 0 Å². The molecule has 2 aromatic carbocycles. The summed E-state index contributed by atoms with van der Waals surface area (Å²) in [5, 5.41) is 0. The molecule has 1 heterocycles. The highest BCUT2D eigenvalue weighted by Crippen LogP contribution is 2.46. The van der Waals surface area contributed by atoms with E-state index < -0.39 is 0 Å². The molecule has 5 nitrogen and oxygen atoms in total. The van der Waals surface area contributed by atoms with Gasteiger partial charge >= 0.3 is 5.97 Å². The summed E-state index contributed by atoms with van der Waals surface area (Å²) >= 11 is 0. The molecule has 3 unspecified atom stereocenters. The van der Waals surface area contributed by atoms with Crippen molar-refractivity contribution in [2.45, 2.75) is 24.8 Å². The third-order valence-corrected chi connectivity index (χ3v) is 6.43. The molecule has 3 atom stereocenters. The maximum absolute atomic E-state index is 13.6. The van der Waals surface area contributed by atoms with E-state index in [1.165, 1.54) is 19.2 Å². The molecule has 1 aromatic heterocycles. The van der Waals surface area contributed by atoms with Crippen LogP contribution in [-0.4, -0.2) is 38.3 Å². The van der Waals surface area contributed by atoms with E-state index in [1.807, 2.05) is 37.5 Å². The standard InChI is InChI=1S/C26H27FN2O3/c1-29(23-15-18(8-13-24(23)31-2)19-5-4-14-28-16-19)22-12-11-21(26(30)32-3)25(22)17-6-9-20(27)10-7-17/h4-10,13-16,21-22,25H,11-12H2,1-3H3. The number of carbonyl (C=O) groups excluding carboxylic acids is 1. The van der Waals surface area contributed by atoms with Crippen LogP contribution in [0.3, 0.4) is 0 Å². The van der Waals surface area contributed by atoms with Gasteiger partial charge in [-0.15, -0.1) is 0 Å². The topological polar surface area (TPSA) is 51.7 Å². The van der Waals surface area contributed by atoms with E-state index >= 15 is 0 Å². The summed E-state index contributed by atoms with van der Waals surface area (Å²) in [6, 6.07) is 16.4. The molecule has 0 amide bonds. The van der Waals surface area contributed by atoms with Gasteiger partial charge in [-0.05, 0) is 54.3 Å². The average molecular weight is 435 g/mol. The third-order valence-electron chi connectivity index (χ3n) is 6.43. The van der Waals surface area contributed by atoms with E-state index in [-0.39, 0.29) is 29.7 Å². The van der Waals surface area contributed by atoms with E-state index in [9.17, 15) is 9.18 Å². The van der Waals surface area contributed by atoms with Gasteiger partial charge in [-0.1, -0.05) is 24.3 Å². The van der Waals surface area contributed by atoms with Crippen LogP contribution in [0.5, 0.6) is 5.75 Å².